The van der Waals surface area contributed by atoms with Crippen molar-refractivity contribution in [2.45, 2.75) is 31.1 Å². The Bertz CT molecular complexity index is 569. The lowest BCUT2D eigenvalue weighted by Gasteiger charge is -2.32. The average molecular weight is 348 g/mol. The number of amides is 2. The van der Waals surface area contributed by atoms with Crippen molar-refractivity contribution in [3.63, 3.8) is 0 Å². The summed E-state index contributed by atoms with van der Waals surface area (Å²) in [7, 11) is 4.10. The summed E-state index contributed by atoms with van der Waals surface area (Å²) in [6.07, 6.45) is 5.63. The van der Waals surface area contributed by atoms with E-state index in [-0.39, 0.29) is 17.7 Å². The smallest absolute Gasteiger partial charge is 0.317 e. The molecule has 2 amide bonds. The molecule has 1 N–H and O–H groups in total. The van der Waals surface area contributed by atoms with Crippen LogP contribution in [0.3, 0.4) is 0 Å². The molecule has 3 heterocycles. The Morgan fingerprint density at radius 2 is 2.40 bits per heavy atom. The van der Waals surface area contributed by atoms with Crippen molar-refractivity contribution >= 4 is 6.03 Å². The highest BCUT2D eigenvalue weighted by Crippen LogP contribution is 2.33. The van der Waals surface area contributed by atoms with E-state index >= 15 is 0 Å². The second kappa shape index (κ2) is 8.12. The average Bonchev–Trinajstić information content (AvgIpc) is 2.85. The Hall–Kier alpha value is -1.70. The van der Waals surface area contributed by atoms with Crippen molar-refractivity contribution < 1.29 is 14.3 Å². The van der Waals surface area contributed by atoms with Gasteiger partial charge in [0, 0.05) is 32.0 Å². The lowest BCUT2D eigenvalue weighted by atomic mass is 10.00. The first-order valence-electron chi connectivity index (χ1n) is 8.88. The first-order chi connectivity index (χ1) is 12.1. The van der Waals surface area contributed by atoms with Crippen molar-refractivity contribution in [3.8, 4) is 0 Å². The molecule has 2 unspecified atom stereocenters. The number of nitrogens with one attached hydrogen (secondary N) is 1. The third kappa shape index (κ3) is 4.90. The fourth-order valence-corrected chi connectivity index (χ4v) is 3.52. The number of pyridine rings is 1. The topological polar surface area (TPSA) is 66.9 Å². The number of carbonyl (C=O) groups excluding carboxylic acids is 1. The molecule has 1 aromatic heterocycles. The van der Waals surface area contributed by atoms with E-state index in [0.717, 1.165) is 24.9 Å². The van der Waals surface area contributed by atoms with Crippen molar-refractivity contribution in [1.29, 1.82) is 0 Å². The third-order valence-electron chi connectivity index (χ3n) is 4.71. The summed E-state index contributed by atoms with van der Waals surface area (Å²) < 4.78 is 12.1. The molecule has 0 radical (unpaired) electrons. The molecule has 7 heteroatoms. The van der Waals surface area contributed by atoms with Gasteiger partial charge in [-0.25, -0.2) is 4.79 Å². The summed E-state index contributed by atoms with van der Waals surface area (Å²) in [6.45, 7) is 3.64. The number of carbonyl (C=O) groups is 1. The normalized spacial score (nSPS) is 26.8. The minimum absolute atomic E-state index is 0.0756. The number of urea groups is 1. The minimum Gasteiger partial charge on any atom is -0.377 e. The maximum atomic E-state index is 12.6. The molecule has 7 nitrogen and oxygen atoms in total. The van der Waals surface area contributed by atoms with Crippen molar-refractivity contribution in [3.05, 3.63) is 30.1 Å². The van der Waals surface area contributed by atoms with E-state index < -0.39 is 0 Å². The summed E-state index contributed by atoms with van der Waals surface area (Å²) in [5, 5.41) is 2.97. The molecule has 2 aliphatic rings. The van der Waals surface area contributed by atoms with Crippen LogP contribution in [0, 0.1) is 0 Å². The standard InChI is InChI=1S/C18H28N4O3/c1-21(2)12-16-5-6-18(25-16)13-22(8-9-24-14-18)17(23)20-11-15-4-3-7-19-10-15/h3-4,7,10,16H,5-6,8-9,11-14H2,1-2H3,(H,20,23). The zero-order valence-corrected chi connectivity index (χ0v) is 15.1. The van der Waals surface area contributed by atoms with E-state index in [1.807, 2.05) is 17.0 Å². The number of aromatic nitrogens is 1. The maximum absolute atomic E-state index is 12.6. The molecule has 2 atom stereocenters. The summed E-state index contributed by atoms with van der Waals surface area (Å²) >= 11 is 0. The molecule has 0 saturated carbocycles. The Morgan fingerprint density at radius 1 is 1.52 bits per heavy atom. The predicted molar refractivity (Wildman–Crippen MR) is 94.3 cm³/mol. The predicted octanol–water partition coefficient (Wildman–Crippen LogP) is 1.10. The van der Waals surface area contributed by atoms with Crippen LogP contribution in [0.2, 0.25) is 0 Å². The van der Waals surface area contributed by atoms with Crippen molar-refractivity contribution in [2.75, 3.05) is 46.9 Å². The first-order valence-corrected chi connectivity index (χ1v) is 8.88. The van der Waals surface area contributed by atoms with Gasteiger partial charge < -0.3 is 24.6 Å². The van der Waals surface area contributed by atoms with Gasteiger partial charge in [-0.05, 0) is 38.6 Å². The van der Waals surface area contributed by atoms with Crippen LogP contribution in [0.4, 0.5) is 4.79 Å². The maximum Gasteiger partial charge on any atom is 0.317 e. The fourth-order valence-electron chi connectivity index (χ4n) is 3.52. The van der Waals surface area contributed by atoms with E-state index in [1.165, 1.54) is 0 Å². The first kappa shape index (κ1) is 18.1. The lowest BCUT2D eigenvalue weighted by Crippen LogP contribution is -2.49. The van der Waals surface area contributed by atoms with Crippen LogP contribution in [0.1, 0.15) is 18.4 Å². The van der Waals surface area contributed by atoms with Gasteiger partial charge in [-0.2, -0.15) is 0 Å². The van der Waals surface area contributed by atoms with Gasteiger partial charge >= 0.3 is 6.03 Å². The molecule has 2 saturated heterocycles. The lowest BCUT2D eigenvalue weighted by molar-refractivity contribution is -0.0873. The highest BCUT2D eigenvalue weighted by atomic mass is 16.6. The Morgan fingerprint density at radius 3 is 3.16 bits per heavy atom. The van der Waals surface area contributed by atoms with Crippen molar-refractivity contribution in [1.82, 2.24) is 20.1 Å². The van der Waals surface area contributed by atoms with Crippen LogP contribution >= 0.6 is 0 Å². The van der Waals surface area contributed by atoms with E-state index in [2.05, 4.69) is 29.3 Å². The largest absolute Gasteiger partial charge is 0.377 e. The third-order valence-corrected chi connectivity index (χ3v) is 4.71. The minimum atomic E-state index is -0.372. The molecule has 1 spiro atoms. The molecular weight excluding hydrogens is 320 g/mol. The van der Waals surface area contributed by atoms with Gasteiger partial charge in [0.25, 0.3) is 0 Å². The molecule has 0 bridgehead atoms. The summed E-state index contributed by atoms with van der Waals surface area (Å²) in [6, 6.07) is 3.74. The number of hydrogen-bond acceptors (Lipinski definition) is 5. The molecule has 2 aliphatic heterocycles. The number of likely N-dealkylation sites (N-methyl/N-ethyl adjacent to an activating group) is 1. The van der Waals surface area contributed by atoms with Crippen LogP contribution in [-0.4, -0.2) is 79.5 Å². The zero-order valence-electron chi connectivity index (χ0n) is 15.1. The van der Waals surface area contributed by atoms with Gasteiger partial charge in [0.05, 0.1) is 25.9 Å². The summed E-state index contributed by atoms with van der Waals surface area (Å²) in [4.78, 5) is 20.6. The second-order valence-electron chi connectivity index (χ2n) is 7.22. The van der Waals surface area contributed by atoms with Crippen LogP contribution in [0.25, 0.3) is 0 Å². The zero-order chi connectivity index (χ0) is 17.7. The van der Waals surface area contributed by atoms with E-state index in [9.17, 15) is 4.79 Å². The molecule has 0 aromatic carbocycles. The van der Waals surface area contributed by atoms with E-state index in [1.54, 1.807) is 12.4 Å². The van der Waals surface area contributed by atoms with Crippen LogP contribution in [0.5, 0.6) is 0 Å². The van der Waals surface area contributed by atoms with Crippen LogP contribution < -0.4 is 5.32 Å². The van der Waals surface area contributed by atoms with Gasteiger partial charge in [0.2, 0.25) is 0 Å². The van der Waals surface area contributed by atoms with Gasteiger partial charge in [0.1, 0.15) is 5.60 Å². The van der Waals surface area contributed by atoms with Gasteiger partial charge in [-0.3, -0.25) is 4.98 Å². The molecule has 138 valence electrons. The highest BCUT2D eigenvalue weighted by Gasteiger charge is 2.44. The van der Waals surface area contributed by atoms with Crippen LogP contribution in [-0.2, 0) is 16.0 Å². The fraction of sp³-hybridized carbons (Fsp3) is 0.667. The van der Waals surface area contributed by atoms with Gasteiger partial charge in [0.15, 0.2) is 0 Å². The molecule has 1 aromatic rings. The molecule has 2 fully saturated rings. The molecular formula is C18H28N4O3. The number of rotatable bonds is 4. The van der Waals surface area contributed by atoms with E-state index in [4.69, 9.17) is 9.47 Å². The van der Waals surface area contributed by atoms with Gasteiger partial charge in [-0.1, -0.05) is 6.07 Å². The van der Waals surface area contributed by atoms with Crippen LogP contribution in [0.15, 0.2) is 24.5 Å². The highest BCUT2D eigenvalue weighted by molar-refractivity contribution is 5.74. The number of nitrogens with zero attached hydrogens (tertiary/aromatic N) is 3. The Labute approximate surface area is 149 Å². The molecule has 0 aliphatic carbocycles. The molecule has 3 rings (SSSR count). The Kier molecular flexibility index (Phi) is 5.88. The second-order valence-corrected chi connectivity index (χ2v) is 7.22. The molecule has 25 heavy (non-hydrogen) atoms. The SMILES string of the molecule is CN(C)CC1CCC2(COCCN(C(=O)NCc3cccnc3)C2)O1. The number of hydrogen-bond donors (Lipinski definition) is 1. The Balaban J connectivity index is 1.57. The summed E-state index contributed by atoms with van der Waals surface area (Å²) in [5.41, 5.74) is 0.614. The monoisotopic (exact) mass is 348 g/mol. The van der Waals surface area contributed by atoms with E-state index in [0.29, 0.717) is 32.8 Å². The van der Waals surface area contributed by atoms with Crippen molar-refractivity contribution in [2.24, 2.45) is 0 Å². The quantitative estimate of drug-likeness (QED) is 0.883. The van der Waals surface area contributed by atoms with Gasteiger partial charge in [-0.15, -0.1) is 0 Å². The summed E-state index contributed by atoms with van der Waals surface area (Å²) in [5.74, 6) is 0. The number of ether oxygens (including phenoxy) is 2.